The van der Waals surface area contributed by atoms with E-state index >= 15 is 0 Å². The average molecular weight is 265 g/mol. The number of ketones is 1. The molecule has 0 bridgehead atoms. The van der Waals surface area contributed by atoms with Crippen LogP contribution in [-0.2, 0) is 10.0 Å². The van der Waals surface area contributed by atoms with Crippen molar-refractivity contribution in [1.82, 2.24) is 3.97 Å². The maximum atomic E-state index is 12.1. The van der Waals surface area contributed by atoms with Gasteiger partial charge in [-0.05, 0) is 19.4 Å². The molecule has 0 saturated carbocycles. The highest BCUT2D eigenvalue weighted by atomic mass is 32.2. The molecule has 5 heteroatoms. The first-order valence-electron chi connectivity index (χ1n) is 5.81. The van der Waals surface area contributed by atoms with Crippen LogP contribution in [0.25, 0.3) is 10.9 Å². The molecule has 0 aliphatic heterocycles. The number of hydrogen-bond acceptors (Lipinski definition) is 3. The first-order valence-corrected chi connectivity index (χ1v) is 7.42. The monoisotopic (exact) mass is 265 g/mol. The fourth-order valence-electron chi connectivity index (χ4n) is 2.02. The molecule has 4 nitrogen and oxygen atoms in total. The number of hydrogen-bond donors (Lipinski definition) is 0. The molecule has 2 aromatic rings. The van der Waals surface area contributed by atoms with Gasteiger partial charge in [0.1, 0.15) is 0 Å². The molecule has 0 unspecified atom stereocenters. The standard InChI is InChI=1S/C13H15NO3S/c1-3-8-18(16,17)14-9-12(10(2)15)11-6-4-5-7-13(11)14/h4-7,9H,3,8H2,1-2H3. The minimum Gasteiger partial charge on any atom is -0.294 e. The van der Waals surface area contributed by atoms with Gasteiger partial charge in [0.25, 0.3) is 0 Å². The summed E-state index contributed by atoms with van der Waals surface area (Å²) in [5.74, 6) is -0.0557. The lowest BCUT2D eigenvalue weighted by molar-refractivity contribution is 0.101. The summed E-state index contributed by atoms with van der Waals surface area (Å²) in [7, 11) is -3.39. The number of carbonyl (C=O) groups excluding carboxylic acids is 1. The zero-order chi connectivity index (χ0) is 13.3. The van der Waals surface area contributed by atoms with Crippen molar-refractivity contribution >= 4 is 26.7 Å². The Labute approximate surface area is 106 Å². The Morgan fingerprint density at radius 1 is 1.28 bits per heavy atom. The van der Waals surface area contributed by atoms with Crippen LogP contribution in [0.5, 0.6) is 0 Å². The van der Waals surface area contributed by atoms with Crippen molar-refractivity contribution in [2.45, 2.75) is 20.3 Å². The summed E-state index contributed by atoms with van der Waals surface area (Å²) in [6.07, 6.45) is 1.97. The second-order valence-corrected chi connectivity index (χ2v) is 6.19. The zero-order valence-electron chi connectivity index (χ0n) is 10.4. The molecule has 1 heterocycles. The van der Waals surface area contributed by atoms with Crippen LogP contribution in [0, 0.1) is 0 Å². The number of rotatable bonds is 4. The highest BCUT2D eigenvalue weighted by Crippen LogP contribution is 2.23. The lowest BCUT2D eigenvalue weighted by atomic mass is 10.1. The highest BCUT2D eigenvalue weighted by Gasteiger charge is 2.19. The minimum absolute atomic E-state index is 0.0724. The Morgan fingerprint density at radius 2 is 1.94 bits per heavy atom. The third-order valence-corrected chi connectivity index (χ3v) is 4.64. The Kier molecular flexibility index (Phi) is 3.26. The molecule has 0 N–H and O–H groups in total. The van der Waals surface area contributed by atoms with E-state index in [0.29, 0.717) is 22.9 Å². The Morgan fingerprint density at radius 3 is 2.56 bits per heavy atom. The quantitative estimate of drug-likeness (QED) is 0.798. The van der Waals surface area contributed by atoms with Crippen molar-refractivity contribution in [2.24, 2.45) is 0 Å². The van der Waals surface area contributed by atoms with Gasteiger partial charge in [-0.25, -0.2) is 12.4 Å². The van der Waals surface area contributed by atoms with Crippen molar-refractivity contribution in [3.8, 4) is 0 Å². The molecule has 96 valence electrons. The first kappa shape index (κ1) is 12.8. The van der Waals surface area contributed by atoms with Gasteiger partial charge in [0.15, 0.2) is 5.78 Å². The van der Waals surface area contributed by atoms with Crippen molar-refractivity contribution < 1.29 is 13.2 Å². The van der Waals surface area contributed by atoms with Crippen LogP contribution in [0.2, 0.25) is 0 Å². The summed E-state index contributed by atoms with van der Waals surface area (Å²) in [6, 6.07) is 7.05. The largest absolute Gasteiger partial charge is 0.294 e. The normalized spacial score (nSPS) is 11.9. The number of nitrogens with zero attached hydrogens (tertiary/aromatic N) is 1. The zero-order valence-corrected chi connectivity index (χ0v) is 11.2. The van der Waals surface area contributed by atoms with Crippen LogP contribution in [0.3, 0.4) is 0 Å². The summed E-state index contributed by atoms with van der Waals surface area (Å²) in [5.41, 5.74) is 1.02. The van der Waals surface area contributed by atoms with Gasteiger partial charge in [-0.2, -0.15) is 0 Å². The molecular weight excluding hydrogens is 250 g/mol. The first-order chi connectivity index (χ1) is 8.47. The third kappa shape index (κ3) is 2.06. The topological polar surface area (TPSA) is 56.1 Å². The maximum absolute atomic E-state index is 12.1. The number of benzene rings is 1. The van der Waals surface area contributed by atoms with E-state index in [2.05, 4.69) is 0 Å². The average Bonchev–Trinajstić information content (AvgIpc) is 2.69. The summed E-state index contributed by atoms with van der Waals surface area (Å²) in [4.78, 5) is 11.5. The fourth-order valence-corrected chi connectivity index (χ4v) is 3.45. The van der Waals surface area contributed by atoms with Crippen LogP contribution in [0.1, 0.15) is 30.6 Å². The molecule has 0 aliphatic carbocycles. The molecular formula is C13H15NO3S. The van der Waals surface area contributed by atoms with Gasteiger partial charge in [-0.1, -0.05) is 25.1 Å². The Hall–Kier alpha value is -1.62. The highest BCUT2D eigenvalue weighted by molar-refractivity contribution is 7.90. The molecule has 0 fully saturated rings. The van der Waals surface area contributed by atoms with Crippen molar-refractivity contribution in [3.05, 3.63) is 36.0 Å². The molecule has 0 amide bonds. The van der Waals surface area contributed by atoms with E-state index in [1.54, 1.807) is 24.3 Å². The Balaban J connectivity index is 2.77. The predicted octanol–water partition coefficient (Wildman–Crippen LogP) is 2.43. The number of carbonyl (C=O) groups is 1. The summed E-state index contributed by atoms with van der Waals surface area (Å²) >= 11 is 0. The molecule has 0 saturated heterocycles. The molecule has 1 aromatic heterocycles. The van der Waals surface area contributed by atoms with Crippen molar-refractivity contribution in [3.63, 3.8) is 0 Å². The van der Waals surface area contributed by atoms with Crippen LogP contribution >= 0.6 is 0 Å². The fraction of sp³-hybridized carbons (Fsp3) is 0.308. The molecule has 0 atom stereocenters. The SMILES string of the molecule is CCCS(=O)(=O)n1cc(C(C)=O)c2ccccc21. The van der Waals surface area contributed by atoms with E-state index < -0.39 is 10.0 Å². The minimum atomic E-state index is -3.39. The summed E-state index contributed by atoms with van der Waals surface area (Å²) in [5, 5.41) is 0.685. The van der Waals surface area contributed by atoms with Crippen LogP contribution < -0.4 is 0 Å². The van der Waals surface area contributed by atoms with E-state index in [1.807, 2.05) is 6.92 Å². The van der Waals surface area contributed by atoms with Crippen LogP contribution in [-0.4, -0.2) is 23.9 Å². The van der Waals surface area contributed by atoms with Gasteiger partial charge < -0.3 is 0 Å². The predicted molar refractivity (Wildman–Crippen MR) is 71.4 cm³/mol. The summed E-state index contributed by atoms with van der Waals surface area (Å²) < 4.78 is 25.5. The van der Waals surface area contributed by atoms with Crippen molar-refractivity contribution in [2.75, 3.05) is 5.75 Å². The molecule has 2 rings (SSSR count). The van der Waals surface area contributed by atoms with Crippen LogP contribution in [0.15, 0.2) is 30.5 Å². The number of Topliss-reactive ketones (excluding diaryl/α,β-unsaturated/α-hetero) is 1. The number of aromatic nitrogens is 1. The number of fused-ring (bicyclic) bond motifs is 1. The lowest BCUT2D eigenvalue weighted by Crippen LogP contribution is -2.15. The van der Waals surface area contributed by atoms with Gasteiger partial charge in [-0.15, -0.1) is 0 Å². The number of para-hydroxylation sites is 1. The third-order valence-electron chi connectivity index (χ3n) is 2.82. The van der Waals surface area contributed by atoms with Gasteiger partial charge in [-0.3, -0.25) is 4.79 Å². The maximum Gasteiger partial charge on any atom is 0.238 e. The Bertz CT molecular complexity index is 698. The molecule has 18 heavy (non-hydrogen) atoms. The van der Waals surface area contributed by atoms with Crippen LogP contribution in [0.4, 0.5) is 0 Å². The van der Waals surface area contributed by atoms with E-state index in [9.17, 15) is 13.2 Å². The van der Waals surface area contributed by atoms with Gasteiger partial charge in [0, 0.05) is 17.1 Å². The molecule has 0 spiro atoms. The molecule has 0 aliphatic rings. The van der Waals surface area contributed by atoms with E-state index in [0.717, 1.165) is 0 Å². The van der Waals surface area contributed by atoms with Gasteiger partial charge in [0.05, 0.1) is 11.3 Å². The van der Waals surface area contributed by atoms with E-state index in [4.69, 9.17) is 0 Å². The van der Waals surface area contributed by atoms with Crippen molar-refractivity contribution in [1.29, 1.82) is 0 Å². The van der Waals surface area contributed by atoms with E-state index in [-0.39, 0.29) is 11.5 Å². The lowest BCUT2D eigenvalue weighted by Gasteiger charge is -2.05. The smallest absolute Gasteiger partial charge is 0.238 e. The van der Waals surface area contributed by atoms with Gasteiger partial charge in [0.2, 0.25) is 10.0 Å². The molecule has 0 radical (unpaired) electrons. The van der Waals surface area contributed by atoms with E-state index in [1.165, 1.54) is 17.1 Å². The van der Waals surface area contributed by atoms with Gasteiger partial charge >= 0.3 is 0 Å². The second kappa shape index (κ2) is 4.57. The summed E-state index contributed by atoms with van der Waals surface area (Å²) in [6.45, 7) is 3.26. The molecule has 1 aromatic carbocycles. The second-order valence-electron chi connectivity index (χ2n) is 4.23.